The topological polar surface area (TPSA) is 78.5 Å². The first-order chi connectivity index (χ1) is 11.8. The number of urea groups is 1. The average Bonchev–Trinajstić information content (AvgIpc) is 2.74. The van der Waals surface area contributed by atoms with E-state index in [4.69, 9.17) is 0 Å². The lowest BCUT2D eigenvalue weighted by Gasteiger charge is -2.36. The second kappa shape index (κ2) is 6.50. The second-order valence-corrected chi connectivity index (χ2v) is 7.36. The highest BCUT2D eigenvalue weighted by Crippen LogP contribution is 2.38. The van der Waals surface area contributed by atoms with E-state index in [1.165, 1.54) is 0 Å². The molecular weight excluding hydrogens is 318 g/mol. The highest BCUT2D eigenvalue weighted by molar-refractivity contribution is 6.10. The van der Waals surface area contributed by atoms with E-state index in [1.54, 1.807) is 0 Å². The van der Waals surface area contributed by atoms with Crippen LogP contribution in [0.2, 0.25) is 0 Å². The van der Waals surface area contributed by atoms with Crippen LogP contribution in [0.5, 0.6) is 0 Å². The van der Waals surface area contributed by atoms with Crippen LogP contribution < -0.4 is 10.6 Å². The third-order valence-electron chi connectivity index (χ3n) is 5.31. The van der Waals surface area contributed by atoms with E-state index in [2.05, 4.69) is 10.6 Å². The van der Waals surface area contributed by atoms with E-state index in [0.29, 0.717) is 12.1 Å². The molecule has 2 aliphatic rings. The van der Waals surface area contributed by atoms with Crippen LogP contribution in [-0.4, -0.2) is 34.8 Å². The van der Waals surface area contributed by atoms with E-state index in [1.807, 2.05) is 39.0 Å². The minimum Gasteiger partial charge on any atom is -0.325 e. The quantitative estimate of drug-likeness (QED) is 0.828. The summed E-state index contributed by atoms with van der Waals surface area (Å²) in [6, 6.07) is 5.28. The average molecular weight is 343 g/mol. The molecule has 1 aromatic carbocycles. The van der Waals surface area contributed by atoms with Crippen LogP contribution in [0.1, 0.15) is 43.7 Å². The van der Waals surface area contributed by atoms with Gasteiger partial charge in [-0.1, -0.05) is 25.8 Å². The zero-order valence-corrected chi connectivity index (χ0v) is 15.0. The fourth-order valence-corrected chi connectivity index (χ4v) is 4.03. The van der Waals surface area contributed by atoms with Gasteiger partial charge in [0.15, 0.2) is 0 Å². The minimum atomic E-state index is -0.824. The number of nitrogens with one attached hydrogen (secondary N) is 2. The van der Waals surface area contributed by atoms with Gasteiger partial charge in [-0.3, -0.25) is 14.5 Å². The van der Waals surface area contributed by atoms with Gasteiger partial charge < -0.3 is 10.6 Å². The summed E-state index contributed by atoms with van der Waals surface area (Å²) in [5, 5.41) is 5.65. The lowest BCUT2D eigenvalue weighted by Crippen LogP contribution is -2.54. The maximum absolute atomic E-state index is 12.9. The molecule has 0 aromatic heterocycles. The van der Waals surface area contributed by atoms with Gasteiger partial charge >= 0.3 is 6.03 Å². The van der Waals surface area contributed by atoms with Gasteiger partial charge in [-0.05, 0) is 55.9 Å². The van der Waals surface area contributed by atoms with Crippen molar-refractivity contribution in [2.24, 2.45) is 5.92 Å². The number of hydrogen-bond acceptors (Lipinski definition) is 3. The molecule has 134 valence electrons. The molecule has 1 aliphatic carbocycles. The van der Waals surface area contributed by atoms with Gasteiger partial charge in [0.25, 0.3) is 5.91 Å². The van der Waals surface area contributed by atoms with Crippen LogP contribution >= 0.6 is 0 Å². The van der Waals surface area contributed by atoms with Crippen molar-refractivity contribution in [3.63, 3.8) is 0 Å². The summed E-state index contributed by atoms with van der Waals surface area (Å²) >= 11 is 0. The fourth-order valence-electron chi connectivity index (χ4n) is 4.03. The van der Waals surface area contributed by atoms with Gasteiger partial charge in [0.05, 0.1) is 0 Å². The summed E-state index contributed by atoms with van der Waals surface area (Å²) in [5.41, 5.74) is 1.94. The Morgan fingerprint density at radius 2 is 1.92 bits per heavy atom. The summed E-state index contributed by atoms with van der Waals surface area (Å²) in [6.45, 7) is 5.64. The molecule has 1 aromatic rings. The molecular formula is C19H25N3O3. The van der Waals surface area contributed by atoms with Gasteiger partial charge in [0, 0.05) is 5.69 Å². The number of amides is 4. The molecule has 4 amide bonds. The Hall–Kier alpha value is -2.37. The molecule has 25 heavy (non-hydrogen) atoms. The third-order valence-corrected chi connectivity index (χ3v) is 5.31. The number of hydrogen-bond donors (Lipinski definition) is 2. The van der Waals surface area contributed by atoms with Crippen molar-refractivity contribution in [2.45, 2.75) is 52.0 Å². The molecule has 2 atom stereocenters. The fraction of sp³-hybridized carbons (Fsp3) is 0.526. The van der Waals surface area contributed by atoms with Crippen molar-refractivity contribution in [3.8, 4) is 0 Å². The number of imide groups is 1. The Morgan fingerprint density at radius 1 is 1.24 bits per heavy atom. The van der Waals surface area contributed by atoms with Crippen LogP contribution in [0.3, 0.4) is 0 Å². The summed E-state index contributed by atoms with van der Waals surface area (Å²) in [7, 11) is 0. The number of aryl methyl sites for hydroxylation is 2. The zero-order chi connectivity index (χ0) is 18.2. The Morgan fingerprint density at radius 3 is 2.56 bits per heavy atom. The summed E-state index contributed by atoms with van der Waals surface area (Å²) in [4.78, 5) is 38.6. The van der Waals surface area contributed by atoms with Crippen LogP contribution in [0.15, 0.2) is 18.2 Å². The molecule has 2 N–H and O–H groups in total. The Kier molecular flexibility index (Phi) is 4.54. The van der Waals surface area contributed by atoms with Crippen molar-refractivity contribution in [1.29, 1.82) is 0 Å². The third kappa shape index (κ3) is 3.25. The first-order valence-electron chi connectivity index (χ1n) is 8.84. The van der Waals surface area contributed by atoms with Crippen LogP contribution in [0.4, 0.5) is 10.5 Å². The number of benzene rings is 1. The molecule has 1 aliphatic heterocycles. The highest BCUT2D eigenvalue weighted by atomic mass is 16.2. The standard InChI is InChI=1S/C19H25N3O3/c1-12-8-13(2)10-15(9-12)20-16(23)11-22-17(24)19(21-18(22)25)7-5-4-6-14(19)3/h8-10,14H,4-7,11H2,1-3H3,(H,20,23)(H,21,25). The molecule has 6 heteroatoms. The zero-order valence-electron chi connectivity index (χ0n) is 15.0. The van der Waals surface area contributed by atoms with E-state index in [9.17, 15) is 14.4 Å². The first-order valence-corrected chi connectivity index (χ1v) is 8.84. The van der Waals surface area contributed by atoms with Crippen LogP contribution in [0.25, 0.3) is 0 Å². The maximum atomic E-state index is 12.9. The monoisotopic (exact) mass is 343 g/mol. The van der Waals surface area contributed by atoms with Gasteiger partial charge in [-0.15, -0.1) is 0 Å². The van der Waals surface area contributed by atoms with E-state index >= 15 is 0 Å². The SMILES string of the molecule is Cc1cc(C)cc(NC(=O)CN2C(=O)NC3(CCCCC3C)C2=O)c1. The molecule has 1 saturated carbocycles. The summed E-state index contributed by atoms with van der Waals surface area (Å²) < 4.78 is 0. The van der Waals surface area contributed by atoms with Crippen molar-refractivity contribution < 1.29 is 14.4 Å². The molecule has 0 bridgehead atoms. The van der Waals surface area contributed by atoms with Crippen molar-refractivity contribution in [1.82, 2.24) is 10.2 Å². The Labute approximate surface area is 148 Å². The molecule has 1 spiro atoms. The molecule has 3 rings (SSSR count). The number of anilines is 1. The van der Waals surface area contributed by atoms with Gasteiger partial charge in [-0.2, -0.15) is 0 Å². The highest BCUT2D eigenvalue weighted by Gasteiger charge is 2.55. The smallest absolute Gasteiger partial charge is 0.325 e. The van der Waals surface area contributed by atoms with Gasteiger partial charge in [-0.25, -0.2) is 4.79 Å². The van der Waals surface area contributed by atoms with Crippen molar-refractivity contribution in [2.75, 3.05) is 11.9 Å². The van der Waals surface area contributed by atoms with E-state index in [0.717, 1.165) is 35.3 Å². The summed E-state index contributed by atoms with van der Waals surface area (Å²) in [5.74, 6) is -0.542. The largest absolute Gasteiger partial charge is 0.325 e. The van der Waals surface area contributed by atoms with E-state index in [-0.39, 0.29) is 24.3 Å². The molecule has 1 heterocycles. The van der Waals surface area contributed by atoms with Crippen LogP contribution in [0, 0.1) is 19.8 Å². The number of nitrogens with zero attached hydrogens (tertiary/aromatic N) is 1. The number of carbonyl (C=O) groups excluding carboxylic acids is 3. The molecule has 2 fully saturated rings. The minimum absolute atomic E-state index is 0.0881. The molecule has 6 nitrogen and oxygen atoms in total. The predicted octanol–water partition coefficient (Wildman–Crippen LogP) is 2.74. The second-order valence-electron chi connectivity index (χ2n) is 7.36. The van der Waals surface area contributed by atoms with Gasteiger partial charge in [0.1, 0.15) is 12.1 Å². The molecule has 0 radical (unpaired) electrons. The number of carbonyl (C=O) groups is 3. The van der Waals surface area contributed by atoms with E-state index < -0.39 is 11.6 Å². The lowest BCUT2D eigenvalue weighted by atomic mass is 9.73. The maximum Gasteiger partial charge on any atom is 0.325 e. The number of rotatable bonds is 3. The Balaban J connectivity index is 1.71. The lowest BCUT2D eigenvalue weighted by molar-refractivity contribution is -0.136. The normalized spacial score (nSPS) is 26.0. The van der Waals surface area contributed by atoms with Crippen molar-refractivity contribution >= 4 is 23.5 Å². The first kappa shape index (κ1) is 17.5. The summed E-state index contributed by atoms with van der Waals surface area (Å²) in [6.07, 6.45) is 3.54. The molecule has 2 unspecified atom stereocenters. The Bertz CT molecular complexity index is 710. The van der Waals surface area contributed by atoms with Gasteiger partial charge in [0.2, 0.25) is 5.91 Å². The predicted molar refractivity (Wildman–Crippen MR) is 95.2 cm³/mol. The van der Waals surface area contributed by atoms with Crippen molar-refractivity contribution in [3.05, 3.63) is 29.3 Å². The molecule has 1 saturated heterocycles. The van der Waals surface area contributed by atoms with Crippen LogP contribution in [-0.2, 0) is 9.59 Å².